The van der Waals surface area contributed by atoms with Crippen molar-refractivity contribution in [2.45, 2.75) is 18.7 Å². The van der Waals surface area contributed by atoms with E-state index in [2.05, 4.69) is 5.32 Å². The zero-order valence-electron chi connectivity index (χ0n) is 17.6. The molecule has 0 fully saturated rings. The number of hydrogen-bond donors (Lipinski definition) is 1. The van der Waals surface area contributed by atoms with Crippen LogP contribution in [0.1, 0.15) is 12.5 Å². The number of benzene rings is 2. The lowest BCUT2D eigenvalue weighted by Gasteiger charge is -2.12. The maximum Gasteiger partial charge on any atom is 0.275 e. The van der Waals surface area contributed by atoms with Crippen LogP contribution < -0.4 is 10.9 Å². The van der Waals surface area contributed by atoms with Gasteiger partial charge in [-0.25, -0.2) is 16.8 Å². The lowest BCUT2D eigenvalue weighted by atomic mass is 10.0. The van der Waals surface area contributed by atoms with Crippen LogP contribution in [0.2, 0.25) is 0 Å². The van der Waals surface area contributed by atoms with Gasteiger partial charge in [0.1, 0.15) is 11.3 Å². The van der Waals surface area contributed by atoms with Gasteiger partial charge in [0, 0.05) is 48.6 Å². The van der Waals surface area contributed by atoms with Crippen molar-refractivity contribution in [1.82, 2.24) is 8.54 Å². The number of fused-ring (bicyclic) bond motifs is 1. The number of amides is 1. The molecule has 0 aliphatic rings. The second kappa shape index (κ2) is 7.76. The number of halogens is 1. The highest BCUT2D eigenvalue weighted by Crippen LogP contribution is 2.32. The largest absolute Gasteiger partial charge is 0.326 e. The number of aromatic nitrogens is 2. The highest BCUT2D eigenvalue weighted by Gasteiger charge is 2.23. The van der Waals surface area contributed by atoms with E-state index in [1.165, 1.54) is 67.3 Å². The average molecular weight is 453 g/mol. The van der Waals surface area contributed by atoms with E-state index in [-0.39, 0.29) is 27.3 Å². The van der Waals surface area contributed by atoms with Crippen molar-refractivity contribution < 1.29 is 17.6 Å². The maximum absolute atomic E-state index is 14.8. The fourth-order valence-electron chi connectivity index (χ4n) is 3.58. The van der Waals surface area contributed by atoms with Crippen LogP contribution in [0.15, 0.2) is 70.6 Å². The standard InChI is InChI=1S/C23H20FN3O4S/c1-14-4-7-17(8-5-14)32(30,31)27-11-10-18-20(13-26(3)23(29)22(18)27)19-12-16(25-15(2)28)6-9-21(19)24/h4-13H,1-3H3,(H,25,28). The third-order valence-electron chi connectivity index (χ3n) is 5.14. The monoisotopic (exact) mass is 453 g/mol. The number of anilines is 1. The summed E-state index contributed by atoms with van der Waals surface area (Å²) in [5.41, 5.74) is 1.10. The summed E-state index contributed by atoms with van der Waals surface area (Å²) in [6.45, 7) is 3.18. The molecule has 164 valence electrons. The van der Waals surface area contributed by atoms with Gasteiger partial charge in [-0.3, -0.25) is 9.59 Å². The van der Waals surface area contributed by atoms with Gasteiger partial charge in [0.2, 0.25) is 5.91 Å². The van der Waals surface area contributed by atoms with Crippen molar-refractivity contribution >= 4 is 32.5 Å². The summed E-state index contributed by atoms with van der Waals surface area (Å²) in [7, 11) is -2.59. The van der Waals surface area contributed by atoms with Crippen molar-refractivity contribution in [1.29, 1.82) is 0 Å². The van der Waals surface area contributed by atoms with Crippen LogP contribution in [0, 0.1) is 12.7 Å². The first kappa shape index (κ1) is 21.5. The summed E-state index contributed by atoms with van der Waals surface area (Å²) in [5.74, 6) is -0.892. The molecule has 1 amide bonds. The second-order valence-corrected chi connectivity index (χ2v) is 9.34. The fourth-order valence-corrected chi connectivity index (χ4v) is 4.93. The molecule has 4 rings (SSSR count). The molecule has 0 saturated heterocycles. The Morgan fingerprint density at radius 2 is 1.72 bits per heavy atom. The molecule has 2 aromatic heterocycles. The Balaban J connectivity index is 1.99. The first-order valence-electron chi connectivity index (χ1n) is 9.70. The summed E-state index contributed by atoms with van der Waals surface area (Å²) in [4.78, 5) is 24.4. The number of nitrogens with zero attached hydrogens (tertiary/aromatic N) is 2. The van der Waals surface area contributed by atoms with Crippen LogP contribution in [0.25, 0.3) is 22.0 Å². The molecule has 32 heavy (non-hydrogen) atoms. The Bertz CT molecular complexity index is 1530. The minimum atomic E-state index is -4.06. The quantitative estimate of drug-likeness (QED) is 0.511. The third kappa shape index (κ3) is 3.60. The van der Waals surface area contributed by atoms with Crippen LogP contribution in [0.3, 0.4) is 0 Å². The molecule has 0 unspecified atom stereocenters. The Morgan fingerprint density at radius 1 is 1.03 bits per heavy atom. The molecule has 1 N–H and O–H groups in total. The van der Waals surface area contributed by atoms with Crippen molar-refractivity contribution in [3.05, 3.63) is 82.7 Å². The van der Waals surface area contributed by atoms with Crippen LogP contribution >= 0.6 is 0 Å². The van der Waals surface area contributed by atoms with Crippen LogP contribution in [-0.4, -0.2) is 22.9 Å². The molecular weight excluding hydrogens is 433 g/mol. The SMILES string of the molecule is CC(=O)Nc1ccc(F)c(-c2cn(C)c(=O)c3c2ccn3S(=O)(=O)c2ccc(C)cc2)c1. The predicted molar refractivity (Wildman–Crippen MR) is 121 cm³/mol. The van der Waals surface area contributed by atoms with E-state index in [4.69, 9.17) is 0 Å². The van der Waals surface area contributed by atoms with Gasteiger partial charge in [-0.05, 0) is 43.3 Å². The normalized spacial score (nSPS) is 11.6. The van der Waals surface area contributed by atoms with E-state index < -0.39 is 21.4 Å². The molecule has 0 bridgehead atoms. The molecule has 4 aromatic rings. The lowest BCUT2D eigenvalue weighted by Crippen LogP contribution is -2.22. The smallest absolute Gasteiger partial charge is 0.275 e. The van der Waals surface area contributed by atoms with Crippen molar-refractivity contribution in [3.63, 3.8) is 0 Å². The minimum Gasteiger partial charge on any atom is -0.326 e. The number of aryl methyl sites for hydroxylation is 2. The topological polar surface area (TPSA) is 90.2 Å². The molecule has 9 heteroatoms. The summed E-state index contributed by atoms with van der Waals surface area (Å²) in [6.07, 6.45) is 2.74. The van der Waals surface area contributed by atoms with E-state index in [1.807, 2.05) is 6.92 Å². The molecule has 0 spiro atoms. The molecular formula is C23H20FN3O4S. The molecule has 2 heterocycles. The number of carbonyl (C=O) groups is 1. The summed E-state index contributed by atoms with van der Waals surface area (Å²) in [5, 5.41) is 2.88. The third-order valence-corrected chi connectivity index (χ3v) is 6.83. The highest BCUT2D eigenvalue weighted by atomic mass is 32.2. The Kier molecular flexibility index (Phi) is 5.21. The van der Waals surface area contributed by atoms with Crippen molar-refractivity contribution in [3.8, 4) is 11.1 Å². The Morgan fingerprint density at radius 3 is 2.38 bits per heavy atom. The van der Waals surface area contributed by atoms with Gasteiger partial charge in [0.15, 0.2) is 0 Å². The molecule has 2 aromatic carbocycles. The molecule has 7 nitrogen and oxygen atoms in total. The van der Waals surface area contributed by atoms with Crippen molar-refractivity contribution in [2.24, 2.45) is 7.05 Å². The van der Waals surface area contributed by atoms with E-state index in [0.29, 0.717) is 11.3 Å². The number of carbonyl (C=O) groups excluding carboxylic acids is 1. The predicted octanol–water partition coefficient (Wildman–Crippen LogP) is 3.65. The Hall–Kier alpha value is -3.72. The second-order valence-electron chi connectivity index (χ2n) is 7.53. The number of hydrogen-bond acceptors (Lipinski definition) is 4. The van der Waals surface area contributed by atoms with Gasteiger partial charge in [-0.1, -0.05) is 17.7 Å². The average Bonchev–Trinajstić information content (AvgIpc) is 3.18. The Labute approximate surface area is 183 Å². The van der Waals surface area contributed by atoms with Gasteiger partial charge in [-0.2, -0.15) is 0 Å². The molecule has 0 atom stereocenters. The van der Waals surface area contributed by atoms with Gasteiger partial charge in [0.05, 0.1) is 4.90 Å². The molecule has 0 aliphatic heterocycles. The maximum atomic E-state index is 14.8. The minimum absolute atomic E-state index is 0.0342. The van der Waals surface area contributed by atoms with Gasteiger partial charge in [0.25, 0.3) is 15.6 Å². The van der Waals surface area contributed by atoms with E-state index >= 15 is 0 Å². The van der Waals surface area contributed by atoms with Crippen LogP contribution in [-0.2, 0) is 21.9 Å². The molecule has 0 aliphatic carbocycles. The lowest BCUT2D eigenvalue weighted by molar-refractivity contribution is -0.114. The van der Waals surface area contributed by atoms with E-state index in [1.54, 1.807) is 12.1 Å². The van der Waals surface area contributed by atoms with Crippen LogP contribution in [0.4, 0.5) is 10.1 Å². The van der Waals surface area contributed by atoms with E-state index in [9.17, 15) is 22.4 Å². The first-order valence-corrected chi connectivity index (χ1v) is 11.1. The fraction of sp³-hybridized carbons (Fsp3) is 0.130. The number of rotatable bonds is 4. The highest BCUT2D eigenvalue weighted by molar-refractivity contribution is 7.90. The van der Waals surface area contributed by atoms with Gasteiger partial charge in [-0.15, -0.1) is 0 Å². The van der Waals surface area contributed by atoms with Crippen molar-refractivity contribution in [2.75, 3.05) is 5.32 Å². The van der Waals surface area contributed by atoms with E-state index in [0.717, 1.165) is 9.54 Å². The zero-order chi connectivity index (χ0) is 23.2. The number of nitrogens with one attached hydrogen (secondary N) is 1. The number of pyridine rings is 1. The molecule has 0 radical (unpaired) electrons. The van der Waals surface area contributed by atoms with Gasteiger partial charge < -0.3 is 9.88 Å². The summed E-state index contributed by atoms with van der Waals surface area (Å²) in [6, 6.07) is 11.8. The summed E-state index contributed by atoms with van der Waals surface area (Å²) >= 11 is 0. The summed E-state index contributed by atoms with van der Waals surface area (Å²) < 4.78 is 43.4. The van der Waals surface area contributed by atoms with Crippen LogP contribution in [0.5, 0.6) is 0 Å². The first-order chi connectivity index (χ1) is 15.1. The van der Waals surface area contributed by atoms with Gasteiger partial charge >= 0.3 is 0 Å². The zero-order valence-corrected chi connectivity index (χ0v) is 18.4. The molecule has 0 saturated carbocycles.